The van der Waals surface area contributed by atoms with Crippen molar-refractivity contribution in [3.8, 4) is 0 Å². The number of hydrogen-bond acceptors (Lipinski definition) is 4. The molecule has 0 aromatic heterocycles. The lowest BCUT2D eigenvalue weighted by Crippen LogP contribution is -2.51. The highest BCUT2D eigenvalue weighted by Crippen LogP contribution is 2.16. The monoisotopic (exact) mass is 283 g/mol. The van der Waals surface area contributed by atoms with Crippen molar-refractivity contribution in [2.45, 2.75) is 32.8 Å². The predicted octanol–water partition coefficient (Wildman–Crippen LogP) is 0.243. The molecule has 0 aliphatic carbocycles. The Morgan fingerprint density at radius 3 is 2.05 bits per heavy atom. The molecule has 2 aliphatic heterocycles. The van der Waals surface area contributed by atoms with E-state index in [1.54, 1.807) is 6.92 Å². The fourth-order valence-corrected chi connectivity index (χ4v) is 3.14. The van der Waals surface area contributed by atoms with E-state index in [0.29, 0.717) is 0 Å². The molecule has 20 heavy (non-hydrogen) atoms. The first kappa shape index (κ1) is 15.7. The van der Waals surface area contributed by atoms with Gasteiger partial charge in [-0.3, -0.25) is 9.69 Å². The van der Waals surface area contributed by atoms with Crippen LogP contribution < -0.4 is 0 Å². The van der Waals surface area contributed by atoms with Crippen molar-refractivity contribution >= 4 is 5.91 Å². The van der Waals surface area contributed by atoms with E-state index in [4.69, 9.17) is 0 Å². The molecule has 1 atom stereocenters. The number of piperazine rings is 1. The Morgan fingerprint density at radius 2 is 1.55 bits per heavy atom. The molecule has 1 N–H and O–H groups in total. The lowest BCUT2D eigenvalue weighted by atomic mass is 9.99. The van der Waals surface area contributed by atoms with Crippen LogP contribution in [0.5, 0.6) is 0 Å². The Morgan fingerprint density at radius 1 is 1.05 bits per heavy atom. The van der Waals surface area contributed by atoms with Gasteiger partial charge in [0, 0.05) is 46.2 Å². The molecular weight excluding hydrogens is 254 g/mol. The fourth-order valence-electron chi connectivity index (χ4n) is 3.14. The molecule has 1 amide bonds. The summed E-state index contributed by atoms with van der Waals surface area (Å²) in [6.07, 6.45) is 2.24. The summed E-state index contributed by atoms with van der Waals surface area (Å²) in [4.78, 5) is 17.8. The van der Waals surface area contributed by atoms with Crippen molar-refractivity contribution in [2.75, 3.05) is 52.4 Å². The Labute approximate surface area is 122 Å². The quantitative estimate of drug-likeness (QED) is 0.803. The van der Waals surface area contributed by atoms with Crippen LogP contribution in [0.2, 0.25) is 0 Å². The van der Waals surface area contributed by atoms with E-state index in [9.17, 15) is 9.90 Å². The van der Waals surface area contributed by atoms with Crippen LogP contribution in [0.3, 0.4) is 0 Å². The summed E-state index contributed by atoms with van der Waals surface area (Å²) in [6.45, 7) is 11.1. The molecule has 2 heterocycles. The smallest absolute Gasteiger partial charge is 0.219 e. The average Bonchev–Trinajstić information content (AvgIpc) is 2.42. The average molecular weight is 283 g/mol. The van der Waals surface area contributed by atoms with Gasteiger partial charge < -0.3 is 14.9 Å². The molecule has 0 bridgehead atoms. The van der Waals surface area contributed by atoms with E-state index in [1.165, 1.54) is 12.8 Å². The minimum absolute atomic E-state index is 0.160. The Balaban J connectivity index is 1.65. The molecule has 2 saturated heterocycles. The van der Waals surface area contributed by atoms with Crippen molar-refractivity contribution in [3.63, 3.8) is 0 Å². The van der Waals surface area contributed by atoms with E-state index in [1.807, 2.05) is 4.90 Å². The zero-order valence-corrected chi connectivity index (χ0v) is 12.9. The van der Waals surface area contributed by atoms with Crippen molar-refractivity contribution in [1.82, 2.24) is 14.7 Å². The SMILES string of the molecule is CC(=O)N1CCN(CC(O)CN2CCC(C)CC2)CC1. The molecule has 2 fully saturated rings. The van der Waals surface area contributed by atoms with Crippen LogP contribution >= 0.6 is 0 Å². The zero-order chi connectivity index (χ0) is 14.5. The van der Waals surface area contributed by atoms with Gasteiger partial charge in [0.25, 0.3) is 0 Å². The Hall–Kier alpha value is -0.650. The molecule has 0 saturated carbocycles. The third-order valence-corrected chi connectivity index (χ3v) is 4.63. The third-order valence-electron chi connectivity index (χ3n) is 4.63. The van der Waals surface area contributed by atoms with Crippen LogP contribution in [0.1, 0.15) is 26.7 Å². The summed E-state index contributed by atoms with van der Waals surface area (Å²) in [7, 11) is 0. The maximum absolute atomic E-state index is 11.3. The van der Waals surface area contributed by atoms with E-state index in [-0.39, 0.29) is 12.0 Å². The minimum atomic E-state index is -0.271. The normalized spacial score (nSPS) is 24.9. The molecule has 116 valence electrons. The number of likely N-dealkylation sites (tertiary alicyclic amines) is 1. The highest BCUT2D eigenvalue weighted by Gasteiger charge is 2.22. The number of aliphatic hydroxyl groups is 1. The van der Waals surface area contributed by atoms with Gasteiger partial charge in [0.2, 0.25) is 5.91 Å². The zero-order valence-electron chi connectivity index (χ0n) is 12.9. The number of β-amino-alcohol motifs (C(OH)–C–C–N with tert-alkyl or cyclic N) is 1. The first-order valence-corrected chi connectivity index (χ1v) is 7.93. The molecule has 5 nitrogen and oxygen atoms in total. The van der Waals surface area contributed by atoms with Crippen molar-refractivity contribution in [2.24, 2.45) is 5.92 Å². The van der Waals surface area contributed by atoms with Gasteiger partial charge in [-0.05, 0) is 31.8 Å². The fraction of sp³-hybridized carbons (Fsp3) is 0.933. The summed E-state index contributed by atoms with van der Waals surface area (Å²) in [5.74, 6) is 0.996. The highest BCUT2D eigenvalue weighted by atomic mass is 16.3. The van der Waals surface area contributed by atoms with Gasteiger partial charge in [0.15, 0.2) is 0 Å². The molecule has 5 heteroatoms. The van der Waals surface area contributed by atoms with Crippen LogP contribution in [-0.4, -0.2) is 84.2 Å². The van der Waals surface area contributed by atoms with Gasteiger partial charge in [-0.25, -0.2) is 0 Å². The topological polar surface area (TPSA) is 47.0 Å². The molecule has 1 unspecified atom stereocenters. The number of carbonyl (C=O) groups is 1. The van der Waals surface area contributed by atoms with Gasteiger partial charge in [0.1, 0.15) is 0 Å². The van der Waals surface area contributed by atoms with Gasteiger partial charge in [-0.1, -0.05) is 6.92 Å². The van der Waals surface area contributed by atoms with Crippen LogP contribution in [0.25, 0.3) is 0 Å². The van der Waals surface area contributed by atoms with E-state index < -0.39 is 0 Å². The van der Waals surface area contributed by atoms with Crippen LogP contribution in [0.15, 0.2) is 0 Å². The number of hydrogen-bond donors (Lipinski definition) is 1. The molecule has 2 aliphatic rings. The molecule has 2 rings (SSSR count). The molecule has 0 spiro atoms. The summed E-state index contributed by atoms with van der Waals surface area (Å²) in [6, 6.07) is 0. The second-order valence-electron chi connectivity index (χ2n) is 6.44. The Bertz CT molecular complexity index is 308. The first-order valence-electron chi connectivity index (χ1n) is 7.93. The second kappa shape index (κ2) is 7.38. The highest BCUT2D eigenvalue weighted by molar-refractivity contribution is 5.73. The lowest BCUT2D eigenvalue weighted by Gasteiger charge is -2.37. The third kappa shape index (κ3) is 4.72. The number of piperidine rings is 1. The van der Waals surface area contributed by atoms with Gasteiger partial charge >= 0.3 is 0 Å². The first-order chi connectivity index (χ1) is 9.54. The predicted molar refractivity (Wildman–Crippen MR) is 79.5 cm³/mol. The van der Waals surface area contributed by atoms with Crippen LogP contribution in [0, 0.1) is 5.92 Å². The van der Waals surface area contributed by atoms with Crippen LogP contribution in [-0.2, 0) is 4.79 Å². The minimum Gasteiger partial charge on any atom is -0.390 e. The standard InChI is InChI=1S/C15H29N3O2/c1-13-3-5-16(6-4-13)11-15(20)12-17-7-9-18(10-8-17)14(2)19/h13,15,20H,3-12H2,1-2H3. The Kier molecular flexibility index (Phi) is 5.81. The molecule has 0 aromatic carbocycles. The summed E-state index contributed by atoms with van der Waals surface area (Å²) in [5, 5.41) is 10.2. The van der Waals surface area contributed by atoms with Crippen molar-refractivity contribution < 1.29 is 9.90 Å². The van der Waals surface area contributed by atoms with Crippen molar-refractivity contribution in [3.05, 3.63) is 0 Å². The molecular formula is C15H29N3O2. The number of rotatable bonds is 4. The summed E-state index contributed by atoms with van der Waals surface area (Å²) >= 11 is 0. The molecule has 0 radical (unpaired) electrons. The largest absolute Gasteiger partial charge is 0.390 e. The van der Waals surface area contributed by atoms with E-state index in [2.05, 4.69) is 16.7 Å². The van der Waals surface area contributed by atoms with Gasteiger partial charge in [0.05, 0.1) is 6.10 Å². The van der Waals surface area contributed by atoms with E-state index in [0.717, 1.165) is 58.3 Å². The lowest BCUT2D eigenvalue weighted by molar-refractivity contribution is -0.130. The van der Waals surface area contributed by atoms with Gasteiger partial charge in [-0.15, -0.1) is 0 Å². The molecule has 0 aromatic rings. The van der Waals surface area contributed by atoms with Gasteiger partial charge in [-0.2, -0.15) is 0 Å². The number of aliphatic hydroxyl groups excluding tert-OH is 1. The maximum Gasteiger partial charge on any atom is 0.219 e. The van der Waals surface area contributed by atoms with E-state index >= 15 is 0 Å². The van der Waals surface area contributed by atoms with Crippen LogP contribution in [0.4, 0.5) is 0 Å². The van der Waals surface area contributed by atoms with Crippen molar-refractivity contribution in [1.29, 1.82) is 0 Å². The number of nitrogens with zero attached hydrogens (tertiary/aromatic N) is 3. The number of carbonyl (C=O) groups excluding carboxylic acids is 1. The summed E-state index contributed by atoms with van der Waals surface area (Å²) < 4.78 is 0. The maximum atomic E-state index is 11.3. The second-order valence-corrected chi connectivity index (χ2v) is 6.44. The summed E-state index contributed by atoms with van der Waals surface area (Å²) in [5.41, 5.74) is 0. The number of amides is 1.